The second-order valence-corrected chi connectivity index (χ2v) is 6.05. The molecule has 136 valence electrons. The van der Waals surface area contributed by atoms with Crippen LogP contribution in [-0.4, -0.2) is 29.9 Å². The van der Waals surface area contributed by atoms with E-state index in [1.54, 1.807) is 4.90 Å². The van der Waals surface area contributed by atoms with Gasteiger partial charge in [0, 0.05) is 25.2 Å². The van der Waals surface area contributed by atoms with Crippen molar-refractivity contribution >= 4 is 17.5 Å². The van der Waals surface area contributed by atoms with Gasteiger partial charge in [-0.25, -0.2) is 0 Å². The van der Waals surface area contributed by atoms with E-state index in [-0.39, 0.29) is 24.0 Å². The molecule has 2 amide bonds. The summed E-state index contributed by atoms with van der Waals surface area (Å²) in [6.07, 6.45) is 0.158. The molecule has 0 unspecified atom stereocenters. The normalized spacial score (nSPS) is 16.8. The quantitative estimate of drug-likeness (QED) is 0.860. The molecule has 5 nitrogen and oxygen atoms in total. The van der Waals surface area contributed by atoms with E-state index in [0.29, 0.717) is 18.8 Å². The predicted octanol–water partition coefficient (Wildman–Crippen LogP) is 3.28. The van der Waals surface area contributed by atoms with Gasteiger partial charge in [-0.15, -0.1) is 0 Å². The number of hydrogen-bond acceptors (Lipinski definition) is 3. The SMILES string of the molecule is O=C(Nc1ccc(OC(F)F)cc1)[C@H]1CC(=O)N(Cc2ccccc2)C1. The van der Waals surface area contributed by atoms with Crippen molar-refractivity contribution in [3.63, 3.8) is 0 Å². The highest BCUT2D eigenvalue weighted by molar-refractivity contribution is 5.97. The summed E-state index contributed by atoms with van der Waals surface area (Å²) in [4.78, 5) is 26.2. The molecule has 1 saturated heterocycles. The molecule has 1 heterocycles. The largest absolute Gasteiger partial charge is 0.435 e. The molecule has 3 rings (SSSR count). The Balaban J connectivity index is 1.56. The third-order valence-electron chi connectivity index (χ3n) is 4.15. The highest BCUT2D eigenvalue weighted by Crippen LogP contribution is 2.23. The zero-order valence-corrected chi connectivity index (χ0v) is 13.9. The molecule has 0 saturated carbocycles. The zero-order valence-electron chi connectivity index (χ0n) is 13.9. The Labute approximate surface area is 149 Å². The Morgan fingerprint density at radius 1 is 1.15 bits per heavy atom. The molecule has 0 bridgehead atoms. The van der Waals surface area contributed by atoms with Gasteiger partial charge in [0.2, 0.25) is 11.8 Å². The lowest BCUT2D eigenvalue weighted by Gasteiger charge is -2.16. The van der Waals surface area contributed by atoms with Crippen LogP contribution >= 0.6 is 0 Å². The first kappa shape index (κ1) is 17.8. The first-order valence-corrected chi connectivity index (χ1v) is 8.18. The van der Waals surface area contributed by atoms with E-state index in [9.17, 15) is 18.4 Å². The Bertz CT molecular complexity index is 766. The number of nitrogens with one attached hydrogen (secondary N) is 1. The molecule has 1 aliphatic heterocycles. The van der Waals surface area contributed by atoms with Crippen molar-refractivity contribution < 1.29 is 23.1 Å². The van der Waals surface area contributed by atoms with Gasteiger partial charge < -0.3 is 15.0 Å². The molecule has 2 aromatic rings. The van der Waals surface area contributed by atoms with Crippen LogP contribution in [0.2, 0.25) is 0 Å². The molecule has 0 spiro atoms. The minimum absolute atomic E-state index is 0.0167. The number of amides is 2. The van der Waals surface area contributed by atoms with Gasteiger partial charge in [-0.3, -0.25) is 9.59 Å². The van der Waals surface area contributed by atoms with E-state index in [0.717, 1.165) is 5.56 Å². The highest BCUT2D eigenvalue weighted by Gasteiger charge is 2.34. The summed E-state index contributed by atoms with van der Waals surface area (Å²) in [5.74, 6) is -0.752. The topological polar surface area (TPSA) is 58.6 Å². The molecule has 26 heavy (non-hydrogen) atoms. The Kier molecular flexibility index (Phi) is 5.46. The fraction of sp³-hybridized carbons (Fsp3) is 0.263. The van der Waals surface area contributed by atoms with E-state index in [1.807, 2.05) is 30.3 Å². The van der Waals surface area contributed by atoms with Crippen LogP contribution in [0.15, 0.2) is 54.6 Å². The van der Waals surface area contributed by atoms with E-state index >= 15 is 0 Å². The minimum Gasteiger partial charge on any atom is -0.435 e. The number of ether oxygens (including phenoxy) is 1. The smallest absolute Gasteiger partial charge is 0.387 e. The Hall–Kier alpha value is -2.96. The van der Waals surface area contributed by atoms with Crippen LogP contribution in [0.3, 0.4) is 0 Å². The van der Waals surface area contributed by atoms with Crippen molar-refractivity contribution in [2.24, 2.45) is 5.92 Å². The van der Waals surface area contributed by atoms with Crippen LogP contribution < -0.4 is 10.1 Å². The van der Waals surface area contributed by atoms with Gasteiger partial charge in [0.05, 0.1) is 5.92 Å². The van der Waals surface area contributed by atoms with Crippen LogP contribution in [0.4, 0.5) is 14.5 Å². The number of carbonyl (C=O) groups excluding carboxylic acids is 2. The Morgan fingerprint density at radius 2 is 1.85 bits per heavy atom. The number of carbonyl (C=O) groups is 2. The summed E-state index contributed by atoms with van der Waals surface area (Å²) in [6, 6.07) is 15.2. The first-order chi connectivity index (χ1) is 12.5. The van der Waals surface area contributed by atoms with Crippen LogP contribution in [0.5, 0.6) is 5.75 Å². The number of anilines is 1. The third-order valence-corrected chi connectivity index (χ3v) is 4.15. The molecular weight excluding hydrogens is 342 g/mol. The molecule has 0 aliphatic carbocycles. The summed E-state index contributed by atoms with van der Waals surface area (Å²) < 4.78 is 28.5. The maximum atomic E-state index is 12.4. The van der Waals surface area contributed by atoms with Crippen molar-refractivity contribution in [2.45, 2.75) is 19.6 Å². The molecule has 1 fully saturated rings. The van der Waals surface area contributed by atoms with E-state index in [4.69, 9.17) is 0 Å². The lowest BCUT2D eigenvalue weighted by Crippen LogP contribution is -2.28. The van der Waals surface area contributed by atoms with E-state index in [2.05, 4.69) is 10.1 Å². The highest BCUT2D eigenvalue weighted by atomic mass is 19.3. The average molecular weight is 360 g/mol. The maximum absolute atomic E-state index is 12.4. The van der Waals surface area contributed by atoms with Crippen LogP contribution in [0.25, 0.3) is 0 Å². The number of benzene rings is 2. The fourth-order valence-electron chi connectivity index (χ4n) is 2.87. The summed E-state index contributed by atoms with van der Waals surface area (Å²) in [5.41, 5.74) is 1.47. The first-order valence-electron chi connectivity index (χ1n) is 8.18. The van der Waals surface area contributed by atoms with Crippen molar-refractivity contribution in [1.82, 2.24) is 4.90 Å². The molecule has 0 radical (unpaired) electrons. The summed E-state index contributed by atoms with van der Waals surface area (Å²) in [6.45, 7) is -2.06. The van der Waals surface area contributed by atoms with E-state index < -0.39 is 12.5 Å². The van der Waals surface area contributed by atoms with Crippen molar-refractivity contribution in [3.8, 4) is 5.75 Å². The number of halogens is 2. The monoisotopic (exact) mass is 360 g/mol. The Morgan fingerprint density at radius 3 is 2.50 bits per heavy atom. The van der Waals surface area contributed by atoms with Gasteiger partial charge in [-0.05, 0) is 29.8 Å². The number of alkyl halides is 2. The number of rotatable bonds is 6. The summed E-state index contributed by atoms with van der Waals surface area (Å²) >= 11 is 0. The molecule has 0 aromatic heterocycles. The molecule has 1 N–H and O–H groups in total. The van der Waals surface area contributed by atoms with Crippen LogP contribution in [-0.2, 0) is 16.1 Å². The van der Waals surface area contributed by atoms with Gasteiger partial charge in [-0.1, -0.05) is 30.3 Å². The third kappa shape index (κ3) is 4.56. The zero-order chi connectivity index (χ0) is 18.5. The number of hydrogen-bond donors (Lipinski definition) is 1. The van der Waals surface area contributed by atoms with Gasteiger partial charge in [-0.2, -0.15) is 8.78 Å². The van der Waals surface area contributed by atoms with Crippen LogP contribution in [0.1, 0.15) is 12.0 Å². The average Bonchev–Trinajstić information content (AvgIpc) is 2.98. The van der Waals surface area contributed by atoms with Crippen molar-refractivity contribution in [2.75, 3.05) is 11.9 Å². The second-order valence-electron chi connectivity index (χ2n) is 6.05. The molecule has 2 aromatic carbocycles. The predicted molar refractivity (Wildman–Crippen MR) is 91.7 cm³/mol. The van der Waals surface area contributed by atoms with Crippen molar-refractivity contribution in [3.05, 3.63) is 60.2 Å². The standard InChI is InChI=1S/C19H18F2N2O3/c20-19(21)26-16-8-6-15(7-9-16)22-18(25)14-10-17(24)23(12-14)11-13-4-2-1-3-5-13/h1-9,14,19H,10-12H2,(H,22,25)/t14-/m0/s1. The number of likely N-dealkylation sites (tertiary alicyclic amines) is 1. The number of nitrogens with zero attached hydrogens (tertiary/aromatic N) is 1. The maximum Gasteiger partial charge on any atom is 0.387 e. The van der Waals surface area contributed by atoms with E-state index in [1.165, 1.54) is 24.3 Å². The minimum atomic E-state index is -2.89. The molecular formula is C19H18F2N2O3. The molecule has 1 aliphatic rings. The van der Waals surface area contributed by atoms with Gasteiger partial charge in [0.15, 0.2) is 0 Å². The second kappa shape index (κ2) is 7.95. The van der Waals surface area contributed by atoms with Crippen molar-refractivity contribution in [1.29, 1.82) is 0 Å². The summed E-state index contributed by atoms with van der Waals surface area (Å²) in [7, 11) is 0. The lowest BCUT2D eigenvalue weighted by atomic mass is 10.1. The summed E-state index contributed by atoms with van der Waals surface area (Å²) in [5, 5.41) is 2.71. The molecule has 7 heteroatoms. The molecule has 1 atom stereocenters. The van der Waals surface area contributed by atoms with Gasteiger partial charge in [0.1, 0.15) is 5.75 Å². The van der Waals surface area contributed by atoms with Crippen LogP contribution in [0, 0.1) is 5.92 Å². The van der Waals surface area contributed by atoms with Gasteiger partial charge in [0.25, 0.3) is 0 Å². The van der Waals surface area contributed by atoms with Gasteiger partial charge >= 0.3 is 6.61 Å². The fourth-order valence-corrected chi connectivity index (χ4v) is 2.87. The lowest BCUT2D eigenvalue weighted by molar-refractivity contribution is -0.128.